The van der Waals surface area contributed by atoms with Crippen LogP contribution in [-0.4, -0.2) is 31.1 Å². The number of ether oxygens (including phenoxy) is 2. The van der Waals surface area contributed by atoms with Gasteiger partial charge in [0.25, 0.3) is 5.91 Å². The molecule has 1 N–H and O–H groups in total. The SMILES string of the molecule is CCOc1ccc(/C=C/C(=O)O[C@@H](C)C(=O)NCC(C)C)cc1. The predicted molar refractivity (Wildman–Crippen MR) is 90.0 cm³/mol. The summed E-state index contributed by atoms with van der Waals surface area (Å²) in [6, 6.07) is 7.34. The molecule has 0 saturated heterocycles. The fourth-order valence-electron chi connectivity index (χ4n) is 1.72. The van der Waals surface area contributed by atoms with Crippen molar-refractivity contribution in [3.05, 3.63) is 35.9 Å². The van der Waals surface area contributed by atoms with Crippen molar-refractivity contribution in [2.45, 2.75) is 33.8 Å². The minimum absolute atomic E-state index is 0.290. The van der Waals surface area contributed by atoms with E-state index < -0.39 is 12.1 Å². The Labute approximate surface area is 137 Å². The van der Waals surface area contributed by atoms with E-state index in [0.29, 0.717) is 19.1 Å². The number of carbonyl (C=O) groups excluding carboxylic acids is 2. The Morgan fingerprint density at radius 2 is 1.83 bits per heavy atom. The van der Waals surface area contributed by atoms with E-state index in [4.69, 9.17) is 9.47 Å². The van der Waals surface area contributed by atoms with Gasteiger partial charge in [-0.2, -0.15) is 0 Å². The third-order valence-electron chi connectivity index (χ3n) is 2.95. The van der Waals surface area contributed by atoms with E-state index in [1.807, 2.05) is 45.0 Å². The Bertz CT molecular complexity index is 534. The molecule has 1 rings (SSSR count). The number of carbonyl (C=O) groups is 2. The first kappa shape index (κ1) is 18.7. The standard InChI is InChI=1S/C18H25NO4/c1-5-22-16-9-6-15(7-10-16)8-11-17(20)23-14(4)18(21)19-12-13(2)3/h6-11,13-14H,5,12H2,1-4H3,(H,19,21)/b11-8+/t14-/m0/s1. The number of esters is 1. The molecule has 0 aliphatic heterocycles. The summed E-state index contributed by atoms with van der Waals surface area (Å²) in [5.74, 6) is 0.289. The minimum atomic E-state index is -0.814. The van der Waals surface area contributed by atoms with Crippen LogP contribution in [0, 0.1) is 5.92 Å². The first-order valence-electron chi connectivity index (χ1n) is 7.81. The molecule has 1 atom stereocenters. The van der Waals surface area contributed by atoms with E-state index in [1.165, 1.54) is 6.08 Å². The zero-order valence-electron chi connectivity index (χ0n) is 14.2. The van der Waals surface area contributed by atoms with Crippen molar-refractivity contribution in [1.82, 2.24) is 5.32 Å². The Balaban J connectivity index is 2.47. The van der Waals surface area contributed by atoms with Crippen molar-refractivity contribution in [3.8, 4) is 5.75 Å². The smallest absolute Gasteiger partial charge is 0.331 e. The Morgan fingerprint density at radius 3 is 2.39 bits per heavy atom. The fourth-order valence-corrected chi connectivity index (χ4v) is 1.72. The molecule has 0 aliphatic carbocycles. The normalized spacial score (nSPS) is 12.2. The van der Waals surface area contributed by atoms with Gasteiger partial charge in [-0.05, 0) is 43.5 Å². The van der Waals surface area contributed by atoms with Crippen LogP contribution in [0.3, 0.4) is 0 Å². The topological polar surface area (TPSA) is 64.6 Å². The maximum absolute atomic E-state index is 11.7. The van der Waals surface area contributed by atoms with Crippen molar-refractivity contribution in [3.63, 3.8) is 0 Å². The van der Waals surface area contributed by atoms with Crippen molar-refractivity contribution in [2.24, 2.45) is 5.92 Å². The summed E-state index contributed by atoms with van der Waals surface area (Å²) in [6.07, 6.45) is 2.13. The summed E-state index contributed by atoms with van der Waals surface area (Å²) in [5, 5.41) is 2.73. The third-order valence-corrected chi connectivity index (χ3v) is 2.95. The van der Waals surface area contributed by atoms with Crippen LogP contribution in [0.2, 0.25) is 0 Å². The van der Waals surface area contributed by atoms with Crippen LogP contribution in [0.15, 0.2) is 30.3 Å². The van der Waals surface area contributed by atoms with Gasteiger partial charge in [0.1, 0.15) is 5.75 Å². The first-order valence-corrected chi connectivity index (χ1v) is 7.81. The quantitative estimate of drug-likeness (QED) is 0.591. The maximum Gasteiger partial charge on any atom is 0.331 e. The van der Waals surface area contributed by atoms with Crippen LogP contribution in [0.1, 0.15) is 33.3 Å². The molecule has 5 heteroatoms. The van der Waals surface area contributed by atoms with Crippen molar-refractivity contribution in [2.75, 3.05) is 13.2 Å². The van der Waals surface area contributed by atoms with Gasteiger partial charge in [-0.3, -0.25) is 4.79 Å². The second kappa shape index (κ2) is 9.66. The van der Waals surface area contributed by atoms with Crippen LogP contribution in [0.4, 0.5) is 0 Å². The summed E-state index contributed by atoms with van der Waals surface area (Å²) >= 11 is 0. The molecule has 1 aromatic carbocycles. The molecule has 23 heavy (non-hydrogen) atoms. The zero-order valence-corrected chi connectivity index (χ0v) is 14.2. The summed E-state index contributed by atoms with van der Waals surface area (Å²) in [6.45, 7) is 8.63. The summed E-state index contributed by atoms with van der Waals surface area (Å²) < 4.78 is 10.4. The third kappa shape index (κ3) is 7.49. The van der Waals surface area contributed by atoms with Gasteiger partial charge in [-0.1, -0.05) is 26.0 Å². The highest BCUT2D eigenvalue weighted by Crippen LogP contribution is 2.13. The molecule has 0 spiro atoms. The average molecular weight is 319 g/mol. The van der Waals surface area contributed by atoms with Gasteiger partial charge < -0.3 is 14.8 Å². The number of amides is 1. The molecule has 0 fully saturated rings. The van der Waals surface area contributed by atoms with Crippen molar-refractivity contribution < 1.29 is 19.1 Å². The first-order chi connectivity index (χ1) is 10.9. The van der Waals surface area contributed by atoms with Gasteiger partial charge in [0, 0.05) is 12.6 Å². The lowest BCUT2D eigenvalue weighted by Crippen LogP contribution is -2.37. The molecular weight excluding hydrogens is 294 g/mol. The van der Waals surface area contributed by atoms with E-state index in [2.05, 4.69) is 5.32 Å². The predicted octanol–water partition coefficient (Wildman–Crippen LogP) is 2.80. The fraction of sp³-hybridized carbons (Fsp3) is 0.444. The molecule has 0 radical (unpaired) electrons. The molecule has 0 bridgehead atoms. The van der Waals surface area contributed by atoms with E-state index in [9.17, 15) is 9.59 Å². The molecular formula is C18H25NO4. The van der Waals surface area contributed by atoms with Gasteiger partial charge in [0.15, 0.2) is 6.10 Å². The average Bonchev–Trinajstić information content (AvgIpc) is 2.52. The molecule has 0 aliphatic rings. The lowest BCUT2D eigenvalue weighted by molar-refractivity contribution is -0.150. The molecule has 1 amide bonds. The molecule has 0 saturated carbocycles. The van der Waals surface area contributed by atoms with Crippen LogP contribution in [0.25, 0.3) is 6.08 Å². The Morgan fingerprint density at radius 1 is 1.17 bits per heavy atom. The lowest BCUT2D eigenvalue weighted by atomic mass is 10.2. The van der Waals surface area contributed by atoms with Crippen LogP contribution < -0.4 is 10.1 Å². The molecule has 0 heterocycles. The van der Waals surface area contributed by atoms with E-state index in [0.717, 1.165) is 11.3 Å². The summed E-state index contributed by atoms with van der Waals surface area (Å²) in [7, 11) is 0. The number of hydrogen-bond donors (Lipinski definition) is 1. The largest absolute Gasteiger partial charge is 0.494 e. The Hall–Kier alpha value is -2.30. The van der Waals surface area contributed by atoms with Gasteiger partial charge in [-0.25, -0.2) is 4.79 Å². The highest BCUT2D eigenvalue weighted by molar-refractivity contribution is 5.90. The Kier molecular flexibility index (Phi) is 7.88. The molecule has 0 aromatic heterocycles. The van der Waals surface area contributed by atoms with Gasteiger partial charge in [0.05, 0.1) is 6.61 Å². The van der Waals surface area contributed by atoms with Crippen molar-refractivity contribution >= 4 is 18.0 Å². The molecule has 5 nitrogen and oxygen atoms in total. The highest BCUT2D eigenvalue weighted by Gasteiger charge is 2.16. The summed E-state index contributed by atoms with van der Waals surface area (Å²) in [5.41, 5.74) is 0.849. The van der Waals surface area contributed by atoms with E-state index in [1.54, 1.807) is 13.0 Å². The molecule has 1 aromatic rings. The van der Waals surface area contributed by atoms with Gasteiger partial charge in [0.2, 0.25) is 0 Å². The minimum Gasteiger partial charge on any atom is -0.494 e. The highest BCUT2D eigenvalue weighted by atomic mass is 16.5. The summed E-state index contributed by atoms with van der Waals surface area (Å²) in [4.78, 5) is 23.5. The number of benzene rings is 1. The monoisotopic (exact) mass is 319 g/mol. The molecule has 126 valence electrons. The number of rotatable bonds is 8. The van der Waals surface area contributed by atoms with Crippen LogP contribution in [-0.2, 0) is 14.3 Å². The van der Waals surface area contributed by atoms with Crippen LogP contribution >= 0.6 is 0 Å². The maximum atomic E-state index is 11.7. The van der Waals surface area contributed by atoms with E-state index in [-0.39, 0.29) is 5.91 Å². The second-order valence-corrected chi connectivity index (χ2v) is 5.55. The van der Waals surface area contributed by atoms with Crippen molar-refractivity contribution in [1.29, 1.82) is 0 Å². The second-order valence-electron chi connectivity index (χ2n) is 5.55. The van der Waals surface area contributed by atoms with Gasteiger partial charge >= 0.3 is 5.97 Å². The van der Waals surface area contributed by atoms with Crippen LogP contribution in [0.5, 0.6) is 5.75 Å². The van der Waals surface area contributed by atoms with E-state index >= 15 is 0 Å². The number of hydrogen-bond acceptors (Lipinski definition) is 4. The number of nitrogens with one attached hydrogen (secondary N) is 1. The molecule has 0 unspecified atom stereocenters. The zero-order chi connectivity index (χ0) is 17.2. The van der Waals surface area contributed by atoms with Gasteiger partial charge in [-0.15, -0.1) is 0 Å². The lowest BCUT2D eigenvalue weighted by Gasteiger charge is -2.13.